The van der Waals surface area contributed by atoms with Crippen molar-refractivity contribution in [2.24, 2.45) is 0 Å². The summed E-state index contributed by atoms with van der Waals surface area (Å²) in [7, 11) is 2.09. The number of carbonyl (C=O) groups excluding carboxylic acids is 1. The van der Waals surface area contributed by atoms with Crippen LogP contribution in [0.2, 0.25) is 0 Å². The lowest BCUT2D eigenvalue weighted by Crippen LogP contribution is -2.27. The first kappa shape index (κ1) is 24.2. The van der Waals surface area contributed by atoms with Crippen LogP contribution in [0.1, 0.15) is 27.7 Å². The Morgan fingerprint density at radius 1 is 1.17 bits per heavy atom. The first-order chi connectivity index (χ1) is 16.9. The molecule has 2 aromatic carbocycles. The number of ketones is 1. The molecule has 0 bridgehead atoms. The Morgan fingerprint density at radius 2 is 1.91 bits per heavy atom. The van der Waals surface area contributed by atoms with Gasteiger partial charge in [-0.15, -0.1) is 11.3 Å². The average Bonchev–Trinajstić information content (AvgIpc) is 3.21. The van der Waals surface area contributed by atoms with Crippen LogP contribution in [0.5, 0.6) is 5.75 Å². The zero-order valence-electron chi connectivity index (χ0n) is 19.4. The molecule has 2 aromatic heterocycles. The third-order valence-electron chi connectivity index (χ3n) is 5.94. The van der Waals surface area contributed by atoms with Gasteiger partial charge in [-0.3, -0.25) is 14.2 Å². The van der Waals surface area contributed by atoms with Gasteiger partial charge in [0.25, 0.3) is 5.56 Å². The van der Waals surface area contributed by atoms with Crippen LogP contribution in [-0.2, 0) is 13.0 Å². The zero-order valence-corrected chi connectivity index (χ0v) is 22.6. The molecule has 6 nitrogen and oxygen atoms in total. The van der Waals surface area contributed by atoms with Gasteiger partial charge in [-0.05, 0) is 62.4 Å². The maximum atomic E-state index is 13.9. The molecule has 35 heavy (non-hydrogen) atoms. The van der Waals surface area contributed by atoms with E-state index in [9.17, 15) is 9.59 Å². The molecule has 0 saturated carbocycles. The summed E-state index contributed by atoms with van der Waals surface area (Å²) in [5.74, 6) is 0.917. The molecule has 0 atom stereocenters. The number of hydrogen-bond acceptors (Lipinski definition) is 7. The normalized spacial score (nSPS) is 13.7. The van der Waals surface area contributed by atoms with Gasteiger partial charge in [-0.25, -0.2) is 4.98 Å². The van der Waals surface area contributed by atoms with Crippen molar-refractivity contribution in [3.8, 4) is 11.4 Å². The summed E-state index contributed by atoms with van der Waals surface area (Å²) >= 11 is 6.29. The second-order valence-electron chi connectivity index (χ2n) is 8.35. The van der Waals surface area contributed by atoms with E-state index in [0.717, 1.165) is 40.1 Å². The van der Waals surface area contributed by atoms with Gasteiger partial charge in [-0.1, -0.05) is 39.8 Å². The summed E-state index contributed by atoms with van der Waals surface area (Å²) in [6, 6.07) is 14.8. The highest BCUT2D eigenvalue weighted by molar-refractivity contribution is 9.10. The van der Waals surface area contributed by atoms with Crippen LogP contribution in [0.15, 0.2) is 63.0 Å². The molecule has 5 rings (SSSR count). The number of rotatable bonds is 7. The van der Waals surface area contributed by atoms with Crippen LogP contribution in [0.3, 0.4) is 0 Å². The van der Waals surface area contributed by atoms with E-state index in [4.69, 9.17) is 9.72 Å². The number of Topliss-reactive ketones (excluding diaryl/α,β-unsaturated/α-hetero) is 1. The number of nitrogens with zero attached hydrogens (tertiary/aromatic N) is 3. The quantitative estimate of drug-likeness (QED) is 0.165. The molecular formula is C26H24BrN3O3S2. The van der Waals surface area contributed by atoms with Gasteiger partial charge in [0.1, 0.15) is 10.6 Å². The fourth-order valence-electron chi connectivity index (χ4n) is 4.18. The minimum absolute atomic E-state index is 0.0119. The second-order valence-corrected chi connectivity index (χ2v) is 11.3. The van der Waals surface area contributed by atoms with Crippen molar-refractivity contribution >= 4 is 55.0 Å². The molecule has 9 heteroatoms. The number of thioether (sulfide) groups is 1. The van der Waals surface area contributed by atoms with Crippen molar-refractivity contribution in [3.05, 3.63) is 79.4 Å². The van der Waals surface area contributed by atoms with Gasteiger partial charge in [0.15, 0.2) is 10.9 Å². The summed E-state index contributed by atoms with van der Waals surface area (Å²) in [6.07, 6.45) is 0.834. The van der Waals surface area contributed by atoms with E-state index in [1.165, 1.54) is 16.6 Å². The summed E-state index contributed by atoms with van der Waals surface area (Å²) in [5, 5.41) is 1.22. The van der Waals surface area contributed by atoms with Gasteiger partial charge < -0.3 is 9.64 Å². The van der Waals surface area contributed by atoms with E-state index in [1.807, 2.05) is 43.3 Å². The van der Waals surface area contributed by atoms with Gasteiger partial charge in [-0.2, -0.15) is 0 Å². The molecule has 3 heterocycles. The molecule has 1 aliphatic rings. The molecular weight excluding hydrogens is 546 g/mol. The molecule has 0 unspecified atom stereocenters. The van der Waals surface area contributed by atoms with Crippen molar-refractivity contribution in [2.75, 3.05) is 26.0 Å². The molecule has 0 amide bonds. The number of thiophene rings is 1. The lowest BCUT2D eigenvalue weighted by molar-refractivity contribution is 0.102. The number of halogens is 1. The van der Waals surface area contributed by atoms with Crippen molar-refractivity contribution in [2.45, 2.75) is 25.0 Å². The smallest absolute Gasteiger partial charge is 0.267 e. The number of carbonyl (C=O) groups is 1. The molecule has 180 valence electrons. The fraction of sp³-hybridized carbons (Fsp3) is 0.269. The van der Waals surface area contributed by atoms with Crippen LogP contribution in [0, 0.1) is 0 Å². The minimum Gasteiger partial charge on any atom is -0.494 e. The third kappa shape index (κ3) is 4.95. The Balaban J connectivity index is 1.58. The number of benzene rings is 2. The van der Waals surface area contributed by atoms with E-state index < -0.39 is 0 Å². The predicted octanol–water partition coefficient (Wildman–Crippen LogP) is 5.57. The Bertz CT molecular complexity index is 1450. The lowest BCUT2D eigenvalue weighted by atomic mass is 10.1. The van der Waals surface area contributed by atoms with E-state index in [-0.39, 0.29) is 17.1 Å². The number of aromatic nitrogens is 2. The summed E-state index contributed by atoms with van der Waals surface area (Å²) in [5.41, 5.74) is 2.37. The SMILES string of the molecule is CCOc1ccc(-n2c(SCC(=O)c3ccc(Br)cc3)nc3sc4c(c3c2=O)CCN(C)C4)cc1. The van der Waals surface area contributed by atoms with E-state index in [1.54, 1.807) is 28.0 Å². The van der Waals surface area contributed by atoms with Gasteiger partial charge >= 0.3 is 0 Å². The highest BCUT2D eigenvalue weighted by Gasteiger charge is 2.25. The van der Waals surface area contributed by atoms with Crippen LogP contribution >= 0.6 is 39.0 Å². The van der Waals surface area contributed by atoms with Gasteiger partial charge in [0, 0.05) is 28.0 Å². The largest absolute Gasteiger partial charge is 0.494 e. The molecule has 0 radical (unpaired) electrons. The van der Waals surface area contributed by atoms with E-state index in [0.29, 0.717) is 28.4 Å². The van der Waals surface area contributed by atoms with Crippen molar-refractivity contribution in [1.29, 1.82) is 0 Å². The first-order valence-corrected chi connectivity index (χ1v) is 13.9. The van der Waals surface area contributed by atoms with Crippen LogP contribution < -0.4 is 10.3 Å². The second kappa shape index (κ2) is 10.3. The topological polar surface area (TPSA) is 64.4 Å². The summed E-state index contributed by atoms with van der Waals surface area (Å²) < 4.78 is 8.14. The molecule has 4 aromatic rings. The van der Waals surface area contributed by atoms with E-state index >= 15 is 0 Å². The maximum absolute atomic E-state index is 13.9. The minimum atomic E-state index is -0.0835. The standard InChI is InChI=1S/C26H24BrN3O3S2/c1-3-33-19-10-8-18(9-11-19)30-25(32)23-20-12-13-29(2)14-22(20)35-24(23)28-26(30)34-15-21(31)16-4-6-17(27)7-5-16/h4-11H,3,12-15H2,1-2H3. The highest BCUT2D eigenvalue weighted by atomic mass is 79.9. The number of ether oxygens (including phenoxy) is 1. The van der Waals surface area contributed by atoms with Crippen LogP contribution in [0.4, 0.5) is 0 Å². The monoisotopic (exact) mass is 569 g/mol. The molecule has 0 N–H and O–H groups in total. The zero-order chi connectivity index (χ0) is 24.5. The Hall–Kier alpha value is -2.46. The fourth-order valence-corrected chi connectivity index (χ4v) is 6.70. The van der Waals surface area contributed by atoms with Crippen molar-refractivity contribution < 1.29 is 9.53 Å². The number of hydrogen-bond donors (Lipinski definition) is 0. The van der Waals surface area contributed by atoms with Gasteiger partial charge in [0.05, 0.1) is 23.4 Å². The summed E-state index contributed by atoms with van der Waals surface area (Å²) in [4.78, 5) is 35.9. The van der Waals surface area contributed by atoms with Crippen LogP contribution in [-0.4, -0.2) is 46.2 Å². The maximum Gasteiger partial charge on any atom is 0.267 e. The Morgan fingerprint density at radius 3 is 2.63 bits per heavy atom. The summed E-state index contributed by atoms with van der Waals surface area (Å²) in [6.45, 7) is 4.25. The first-order valence-electron chi connectivity index (χ1n) is 11.3. The third-order valence-corrected chi connectivity index (χ3v) is 8.52. The van der Waals surface area contributed by atoms with E-state index in [2.05, 4.69) is 27.9 Å². The van der Waals surface area contributed by atoms with Crippen molar-refractivity contribution in [1.82, 2.24) is 14.5 Å². The molecule has 0 saturated heterocycles. The average molecular weight is 571 g/mol. The predicted molar refractivity (Wildman–Crippen MR) is 146 cm³/mol. The van der Waals surface area contributed by atoms with Crippen LogP contribution in [0.25, 0.3) is 15.9 Å². The molecule has 0 spiro atoms. The lowest BCUT2D eigenvalue weighted by Gasteiger charge is -2.21. The Labute approximate surface area is 220 Å². The van der Waals surface area contributed by atoms with Gasteiger partial charge in [0.2, 0.25) is 0 Å². The molecule has 0 aliphatic carbocycles. The highest BCUT2D eigenvalue weighted by Crippen LogP contribution is 2.34. The number of fused-ring (bicyclic) bond motifs is 3. The molecule has 0 fully saturated rings. The Kier molecular flexibility index (Phi) is 7.11. The number of likely N-dealkylation sites (N-methyl/N-ethyl adjacent to an activating group) is 1. The van der Waals surface area contributed by atoms with Crippen molar-refractivity contribution in [3.63, 3.8) is 0 Å². The molecule has 1 aliphatic heterocycles.